The first-order valence-corrected chi connectivity index (χ1v) is 15.9. The second-order valence-corrected chi connectivity index (χ2v) is 11.9. The minimum Gasteiger partial charge on any atom is -0.316 e. The molecule has 5 nitrogen and oxygen atoms in total. The number of rotatable bonds is 4. The van der Waals surface area contributed by atoms with Gasteiger partial charge in [0, 0.05) is 50.9 Å². The highest BCUT2D eigenvalue weighted by Crippen LogP contribution is 2.39. The molecule has 6 aromatic carbocycles. The van der Waals surface area contributed by atoms with Crippen molar-refractivity contribution in [1.29, 1.82) is 0 Å². The highest BCUT2D eigenvalue weighted by molar-refractivity contribution is 6.18. The average Bonchev–Trinajstić information content (AvgIpc) is 3.86. The molecule has 0 aliphatic carbocycles. The second kappa shape index (κ2) is 10.0. The smallest absolute Gasteiger partial charge is 0.237 e. The normalized spacial score (nSPS) is 11.8. The van der Waals surface area contributed by atoms with Crippen molar-refractivity contribution in [3.8, 4) is 28.6 Å². The number of fused-ring (bicyclic) bond motifs is 7. The van der Waals surface area contributed by atoms with Crippen LogP contribution in [-0.4, -0.2) is 23.7 Å². The molecule has 0 bridgehead atoms. The summed E-state index contributed by atoms with van der Waals surface area (Å²) in [6, 6.07) is 53.3. The van der Waals surface area contributed by atoms with E-state index in [-0.39, 0.29) is 0 Å². The highest BCUT2D eigenvalue weighted by Gasteiger charge is 2.22. The van der Waals surface area contributed by atoms with Crippen LogP contribution in [0.2, 0.25) is 0 Å². The van der Waals surface area contributed by atoms with Gasteiger partial charge in [-0.2, -0.15) is 4.98 Å². The van der Waals surface area contributed by atoms with Crippen molar-refractivity contribution >= 4 is 54.5 Å². The molecule has 0 amide bonds. The third kappa shape index (κ3) is 3.83. The van der Waals surface area contributed by atoms with E-state index >= 15 is 0 Å². The highest BCUT2D eigenvalue weighted by atomic mass is 15.2. The van der Waals surface area contributed by atoms with Gasteiger partial charge >= 0.3 is 0 Å². The predicted octanol–water partition coefficient (Wildman–Crippen LogP) is 10.3. The van der Waals surface area contributed by atoms with Crippen LogP contribution in [0.5, 0.6) is 0 Å². The lowest BCUT2D eigenvalue weighted by Gasteiger charge is -2.13. The monoisotopic (exact) mass is 601 g/mol. The topological polar surface area (TPSA) is 40.6 Å². The van der Waals surface area contributed by atoms with E-state index in [2.05, 4.69) is 172 Å². The van der Waals surface area contributed by atoms with Gasteiger partial charge < -0.3 is 9.13 Å². The van der Waals surface area contributed by atoms with E-state index in [1.807, 2.05) is 6.07 Å². The van der Waals surface area contributed by atoms with Gasteiger partial charge in [-0.15, -0.1) is 0 Å². The zero-order valence-corrected chi connectivity index (χ0v) is 25.3. The van der Waals surface area contributed by atoms with Crippen molar-refractivity contribution < 1.29 is 0 Å². The summed E-state index contributed by atoms with van der Waals surface area (Å²) >= 11 is 0. The van der Waals surface area contributed by atoms with E-state index in [0.717, 1.165) is 61.0 Å². The molecule has 0 radical (unpaired) electrons. The first-order chi connectivity index (χ1) is 23.3. The first kappa shape index (κ1) is 25.8. The maximum atomic E-state index is 5.47. The molecule has 47 heavy (non-hydrogen) atoms. The molecule has 4 heterocycles. The van der Waals surface area contributed by atoms with Gasteiger partial charge in [-0.1, -0.05) is 103 Å². The van der Waals surface area contributed by atoms with E-state index in [0.29, 0.717) is 5.95 Å². The molecule has 0 aliphatic rings. The Morgan fingerprint density at radius 3 is 1.89 bits per heavy atom. The molecule has 220 valence electrons. The maximum Gasteiger partial charge on any atom is 0.237 e. The van der Waals surface area contributed by atoms with Gasteiger partial charge in [0.15, 0.2) is 5.65 Å². The summed E-state index contributed by atoms with van der Waals surface area (Å²) in [5.41, 5.74) is 8.35. The van der Waals surface area contributed by atoms with Crippen LogP contribution in [0, 0.1) is 0 Å². The first-order valence-electron chi connectivity index (χ1n) is 15.9. The van der Waals surface area contributed by atoms with Crippen LogP contribution < -0.4 is 0 Å². The van der Waals surface area contributed by atoms with E-state index in [4.69, 9.17) is 9.97 Å². The predicted molar refractivity (Wildman–Crippen MR) is 193 cm³/mol. The molecule has 0 fully saturated rings. The Morgan fingerprint density at radius 1 is 0.404 bits per heavy atom. The lowest BCUT2D eigenvalue weighted by Crippen LogP contribution is -2.05. The molecule has 4 aromatic heterocycles. The van der Waals surface area contributed by atoms with Crippen LogP contribution in [0.25, 0.3) is 83.1 Å². The zero-order valence-electron chi connectivity index (χ0n) is 25.3. The molecule has 0 atom stereocenters. The standard InChI is InChI=1S/C42H27N5/c1-3-14-29(15-4-1)45-26-24-35-37(45)23-22-34-32-19-9-10-21-38(32)47(40(34)35)42-43-39(33-20-11-13-28-12-7-8-18-31(28)33)36-25-27-46(41(36)44-42)30-16-5-2-6-17-30/h1-27H. The fraction of sp³-hybridized carbons (Fsp3) is 0. The van der Waals surface area contributed by atoms with E-state index < -0.39 is 0 Å². The number of hydrogen-bond donors (Lipinski definition) is 0. The fourth-order valence-corrected chi connectivity index (χ4v) is 7.23. The Labute approximate surface area is 270 Å². The minimum absolute atomic E-state index is 0.641. The van der Waals surface area contributed by atoms with Crippen LogP contribution in [-0.2, 0) is 0 Å². The molecular weight excluding hydrogens is 574 g/mol. The Bertz CT molecular complexity index is 2780. The van der Waals surface area contributed by atoms with Gasteiger partial charge in [0.2, 0.25) is 5.95 Å². The largest absolute Gasteiger partial charge is 0.316 e. The van der Waals surface area contributed by atoms with E-state index in [1.54, 1.807) is 0 Å². The fourth-order valence-electron chi connectivity index (χ4n) is 7.23. The van der Waals surface area contributed by atoms with Gasteiger partial charge in [-0.05, 0) is 59.3 Å². The van der Waals surface area contributed by atoms with Crippen LogP contribution >= 0.6 is 0 Å². The summed E-state index contributed by atoms with van der Waals surface area (Å²) in [6.45, 7) is 0. The van der Waals surface area contributed by atoms with Crippen molar-refractivity contribution in [3.05, 3.63) is 164 Å². The lowest BCUT2D eigenvalue weighted by atomic mass is 10.0. The van der Waals surface area contributed by atoms with Gasteiger partial charge in [-0.3, -0.25) is 4.57 Å². The summed E-state index contributed by atoms with van der Waals surface area (Å²) in [7, 11) is 0. The SMILES string of the molecule is c1ccc(-n2ccc3c2ccc2c4ccccc4n(-c4nc(-c5cccc6ccccc56)c5ccn(-c6ccccc6)c5n4)c23)cc1. The van der Waals surface area contributed by atoms with Crippen molar-refractivity contribution in [2.24, 2.45) is 0 Å². The number of benzene rings is 6. The molecule has 0 aliphatic heterocycles. The summed E-state index contributed by atoms with van der Waals surface area (Å²) < 4.78 is 6.69. The molecule has 0 unspecified atom stereocenters. The number of aromatic nitrogens is 5. The molecule has 0 spiro atoms. The Kier molecular flexibility index (Phi) is 5.51. The van der Waals surface area contributed by atoms with Crippen molar-refractivity contribution in [2.45, 2.75) is 0 Å². The van der Waals surface area contributed by atoms with Gasteiger partial charge in [0.25, 0.3) is 0 Å². The quantitative estimate of drug-likeness (QED) is 0.201. The Balaban J connectivity index is 1.35. The van der Waals surface area contributed by atoms with E-state index in [1.165, 1.54) is 16.2 Å². The van der Waals surface area contributed by atoms with E-state index in [9.17, 15) is 0 Å². The van der Waals surface area contributed by atoms with Crippen molar-refractivity contribution in [1.82, 2.24) is 23.7 Å². The molecular formula is C42H27N5. The second-order valence-electron chi connectivity index (χ2n) is 11.9. The van der Waals surface area contributed by atoms with Gasteiger partial charge in [-0.25, -0.2) is 4.98 Å². The molecule has 0 saturated heterocycles. The Morgan fingerprint density at radius 2 is 1.06 bits per heavy atom. The molecule has 10 rings (SSSR count). The molecule has 10 aromatic rings. The lowest BCUT2D eigenvalue weighted by molar-refractivity contribution is 0.991. The number of para-hydroxylation sites is 3. The summed E-state index contributed by atoms with van der Waals surface area (Å²) in [5.74, 6) is 0.641. The molecule has 0 saturated carbocycles. The minimum atomic E-state index is 0.641. The third-order valence-corrected chi connectivity index (χ3v) is 9.35. The summed E-state index contributed by atoms with van der Waals surface area (Å²) in [5, 5.41) is 6.85. The van der Waals surface area contributed by atoms with Crippen LogP contribution in [0.3, 0.4) is 0 Å². The third-order valence-electron chi connectivity index (χ3n) is 9.35. The molecule has 5 heteroatoms. The number of hydrogen-bond acceptors (Lipinski definition) is 2. The van der Waals surface area contributed by atoms with Crippen molar-refractivity contribution in [2.75, 3.05) is 0 Å². The van der Waals surface area contributed by atoms with Crippen LogP contribution in [0.1, 0.15) is 0 Å². The van der Waals surface area contributed by atoms with Gasteiger partial charge in [0.05, 0.1) is 22.2 Å². The van der Waals surface area contributed by atoms with Gasteiger partial charge in [0.1, 0.15) is 0 Å². The zero-order chi connectivity index (χ0) is 30.9. The van der Waals surface area contributed by atoms with Crippen molar-refractivity contribution in [3.63, 3.8) is 0 Å². The maximum absolute atomic E-state index is 5.47. The summed E-state index contributed by atoms with van der Waals surface area (Å²) in [6.07, 6.45) is 4.27. The number of nitrogens with zero attached hydrogens (tertiary/aromatic N) is 5. The Hall–Kier alpha value is -6.46. The van der Waals surface area contributed by atoms with Crippen LogP contribution in [0.15, 0.2) is 164 Å². The molecule has 0 N–H and O–H groups in total. The van der Waals surface area contributed by atoms with Crippen LogP contribution in [0.4, 0.5) is 0 Å². The summed E-state index contributed by atoms with van der Waals surface area (Å²) in [4.78, 5) is 10.9. The average molecular weight is 602 g/mol.